The number of carbonyl (C=O) groups is 1. The number of rotatable bonds is 5. The molecule has 0 aliphatic rings. The largest absolute Gasteiger partial charge is 0.481 e. The van der Waals surface area contributed by atoms with Crippen LogP contribution < -0.4 is 0 Å². The summed E-state index contributed by atoms with van der Waals surface area (Å²) in [6.45, 7) is 0.531. The lowest BCUT2D eigenvalue weighted by Gasteiger charge is -2.00. The minimum absolute atomic E-state index is 0.0705. The summed E-state index contributed by atoms with van der Waals surface area (Å²) < 4.78 is 3.55. The molecule has 2 aromatic rings. The first kappa shape index (κ1) is 11.3. The lowest BCUT2D eigenvalue weighted by Crippen LogP contribution is -2.06. The lowest BCUT2D eigenvalue weighted by atomic mass is 10.2. The molecule has 17 heavy (non-hydrogen) atoms. The molecule has 0 spiro atoms. The standard InChI is InChI=1S/C10H13N5O2/c1-14-5-4-11-9(14)7-15-6-8(12-13-15)2-3-10(16)17/h4-6H,2-3,7H2,1H3,(H,16,17). The molecule has 7 heteroatoms. The first-order valence-electron chi connectivity index (χ1n) is 5.22. The zero-order chi connectivity index (χ0) is 12.3. The monoisotopic (exact) mass is 235 g/mol. The summed E-state index contributed by atoms with van der Waals surface area (Å²) in [4.78, 5) is 14.6. The summed E-state index contributed by atoms with van der Waals surface area (Å²) >= 11 is 0. The van der Waals surface area contributed by atoms with Crippen molar-refractivity contribution in [3.8, 4) is 0 Å². The van der Waals surface area contributed by atoms with E-state index in [9.17, 15) is 4.79 Å². The molecule has 0 unspecified atom stereocenters. The summed E-state index contributed by atoms with van der Waals surface area (Å²) in [5.41, 5.74) is 0.682. The van der Waals surface area contributed by atoms with Gasteiger partial charge in [0.25, 0.3) is 0 Å². The Labute approximate surface area is 97.7 Å². The Morgan fingerprint density at radius 2 is 2.35 bits per heavy atom. The van der Waals surface area contributed by atoms with E-state index in [-0.39, 0.29) is 6.42 Å². The van der Waals surface area contributed by atoms with E-state index in [1.165, 1.54) is 0 Å². The predicted octanol–water partition coefficient (Wildman–Crippen LogP) is 0.0771. The van der Waals surface area contributed by atoms with Gasteiger partial charge in [-0.2, -0.15) is 0 Å². The van der Waals surface area contributed by atoms with Crippen LogP contribution in [0.5, 0.6) is 0 Å². The van der Waals surface area contributed by atoms with E-state index >= 15 is 0 Å². The Hall–Kier alpha value is -2.18. The summed E-state index contributed by atoms with van der Waals surface area (Å²) in [6.07, 6.45) is 5.80. The van der Waals surface area contributed by atoms with E-state index < -0.39 is 5.97 Å². The molecule has 0 atom stereocenters. The van der Waals surface area contributed by atoms with Crippen LogP contribution in [0, 0.1) is 0 Å². The van der Waals surface area contributed by atoms with Gasteiger partial charge in [0.1, 0.15) is 12.4 Å². The average Bonchev–Trinajstić information content (AvgIpc) is 2.87. The number of carboxylic acid groups (broad SMARTS) is 1. The quantitative estimate of drug-likeness (QED) is 0.793. The molecule has 7 nitrogen and oxygen atoms in total. The number of hydrogen-bond donors (Lipinski definition) is 1. The predicted molar refractivity (Wildman–Crippen MR) is 58.3 cm³/mol. The highest BCUT2D eigenvalue weighted by Gasteiger charge is 2.06. The van der Waals surface area contributed by atoms with Crippen LogP contribution in [-0.2, 0) is 24.8 Å². The number of aromatic nitrogens is 5. The Bertz CT molecular complexity index is 516. The molecule has 0 aromatic carbocycles. The molecule has 0 saturated heterocycles. The Morgan fingerprint density at radius 1 is 1.53 bits per heavy atom. The molecule has 0 aliphatic carbocycles. The number of carboxylic acids is 1. The summed E-state index contributed by atoms with van der Waals surface area (Å²) in [7, 11) is 1.91. The smallest absolute Gasteiger partial charge is 0.303 e. The number of aliphatic carboxylic acids is 1. The van der Waals surface area contributed by atoms with E-state index in [0.717, 1.165) is 5.82 Å². The zero-order valence-electron chi connectivity index (χ0n) is 9.44. The van der Waals surface area contributed by atoms with Gasteiger partial charge in [-0.15, -0.1) is 5.10 Å². The van der Waals surface area contributed by atoms with Gasteiger partial charge in [0.2, 0.25) is 0 Å². The number of imidazole rings is 1. The van der Waals surface area contributed by atoms with Crippen LogP contribution in [0.1, 0.15) is 17.9 Å². The Balaban J connectivity index is 1.99. The van der Waals surface area contributed by atoms with Crippen LogP contribution in [0.3, 0.4) is 0 Å². The van der Waals surface area contributed by atoms with Crippen LogP contribution in [0.4, 0.5) is 0 Å². The molecule has 0 aliphatic heterocycles. The van der Waals surface area contributed by atoms with E-state index in [2.05, 4.69) is 15.3 Å². The summed E-state index contributed by atoms with van der Waals surface area (Å²) in [5.74, 6) is 0.0448. The van der Waals surface area contributed by atoms with E-state index in [0.29, 0.717) is 18.7 Å². The molecule has 2 rings (SSSR count). The molecule has 90 valence electrons. The van der Waals surface area contributed by atoms with Gasteiger partial charge < -0.3 is 9.67 Å². The normalized spacial score (nSPS) is 10.6. The number of hydrogen-bond acceptors (Lipinski definition) is 4. The minimum Gasteiger partial charge on any atom is -0.481 e. The second kappa shape index (κ2) is 4.77. The molecule has 2 heterocycles. The van der Waals surface area contributed by atoms with Crippen LogP contribution >= 0.6 is 0 Å². The van der Waals surface area contributed by atoms with Crippen LogP contribution in [0.25, 0.3) is 0 Å². The Morgan fingerprint density at radius 3 is 3.00 bits per heavy atom. The van der Waals surface area contributed by atoms with E-state index in [1.807, 2.05) is 17.8 Å². The second-order valence-corrected chi connectivity index (χ2v) is 3.76. The highest BCUT2D eigenvalue weighted by molar-refractivity contribution is 5.66. The lowest BCUT2D eigenvalue weighted by molar-refractivity contribution is -0.136. The van der Waals surface area contributed by atoms with Crippen molar-refractivity contribution in [1.29, 1.82) is 0 Å². The molecule has 0 bridgehead atoms. The van der Waals surface area contributed by atoms with Gasteiger partial charge in [-0.05, 0) is 0 Å². The van der Waals surface area contributed by atoms with Crippen molar-refractivity contribution in [1.82, 2.24) is 24.5 Å². The molecular formula is C10H13N5O2. The zero-order valence-corrected chi connectivity index (χ0v) is 9.44. The first-order valence-corrected chi connectivity index (χ1v) is 5.22. The van der Waals surface area contributed by atoms with Gasteiger partial charge in [-0.1, -0.05) is 5.21 Å². The van der Waals surface area contributed by atoms with Crippen LogP contribution in [0.2, 0.25) is 0 Å². The SMILES string of the molecule is Cn1ccnc1Cn1cc(CCC(=O)O)nn1. The van der Waals surface area contributed by atoms with E-state index in [1.54, 1.807) is 17.1 Å². The third-order valence-electron chi connectivity index (χ3n) is 2.41. The fraction of sp³-hybridized carbons (Fsp3) is 0.400. The fourth-order valence-corrected chi connectivity index (χ4v) is 1.46. The molecule has 0 amide bonds. The van der Waals surface area contributed by atoms with Crippen molar-refractivity contribution in [3.63, 3.8) is 0 Å². The van der Waals surface area contributed by atoms with Gasteiger partial charge in [0.05, 0.1) is 12.1 Å². The summed E-state index contributed by atoms with van der Waals surface area (Å²) in [5, 5.41) is 16.4. The number of nitrogens with zero attached hydrogens (tertiary/aromatic N) is 5. The van der Waals surface area contributed by atoms with Gasteiger partial charge in [-0.25, -0.2) is 9.67 Å². The van der Waals surface area contributed by atoms with Gasteiger partial charge in [0.15, 0.2) is 0 Å². The average molecular weight is 235 g/mol. The first-order chi connectivity index (χ1) is 8.15. The van der Waals surface area contributed by atoms with Crippen LogP contribution in [-0.4, -0.2) is 35.6 Å². The topological polar surface area (TPSA) is 85.8 Å². The molecule has 0 saturated carbocycles. The highest BCUT2D eigenvalue weighted by Crippen LogP contribution is 2.01. The summed E-state index contributed by atoms with van der Waals surface area (Å²) in [6, 6.07) is 0. The van der Waals surface area contributed by atoms with Crippen LogP contribution in [0.15, 0.2) is 18.6 Å². The van der Waals surface area contributed by atoms with Crippen molar-refractivity contribution in [2.75, 3.05) is 0 Å². The van der Waals surface area contributed by atoms with Gasteiger partial charge in [0, 0.05) is 32.1 Å². The van der Waals surface area contributed by atoms with Crippen molar-refractivity contribution < 1.29 is 9.90 Å². The molecule has 0 radical (unpaired) electrons. The van der Waals surface area contributed by atoms with Crippen molar-refractivity contribution in [2.45, 2.75) is 19.4 Å². The third-order valence-corrected chi connectivity index (χ3v) is 2.41. The van der Waals surface area contributed by atoms with Gasteiger partial charge in [-0.3, -0.25) is 4.79 Å². The maximum Gasteiger partial charge on any atom is 0.303 e. The molecule has 1 N–H and O–H groups in total. The third kappa shape index (κ3) is 2.90. The van der Waals surface area contributed by atoms with Gasteiger partial charge >= 0.3 is 5.97 Å². The second-order valence-electron chi connectivity index (χ2n) is 3.76. The maximum absolute atomic E-state index is 10.4. The highest BCUT2D eigenvalue weighted by atomic mass is 16.4. The molecular weight excluding hydrogens is 222 g/mol. The number of aryl methyl sites for hydroxylation is 2. The minimum atomic E-state index is -0.830. The van der Waals surface area contributed by atoms with Crippen molar-refractivity contribution in [2.24, 2.45) is 7.05 Å². The maximum atomic E-state index is 10.4. The van der Waals surface area contributed by atoms with E-state index in [4.69, 9.17) is 5.11 Å². The van der Waals surface area contributed by atoms with Crippen molar-refractivity contribution in [3.05, 3.63) is 30.1 Å². The molecule has 0 fully saturated rings. The Kier molecular flexibility index (Phi) is 3.17. The fourth-order valence-electron chi connectivity index (χ4n) is 1.46. The van der Waals surface area contributed by atoms with Crippen molar-refractivity contribution >= 4 is 5.97 Å². The molecule has 2 aromatic heterocycles.